The minimum Gasteiger partial charge on any atom is -0.508 e. The lowest BCUT2D eigenvalue weighted by molar-refractivity contribution is -0.145. The van der Waals surface area contributed by atoms with Crippen LogP contribution in [0.5, 0.6) is 5.75 Å². The number of carbonyl (C=O) groups excluding carboxylic acids is 2. The summed E-state index contributed by atoms with van der Waals surface area (Å²) in [6.45, 7) is 3.79. The molecule has 1 aliphatic heterocycles. The summed E-state index contributed by atoms with van der Waals surface area (Å²) in [5.41, 5.74) is 0.853. The first-order chi connectivity index (χ1) is 16.4. The van der Waals surface area contributed by atoms with Crippen LogP contribution in [0, 0.1) is 0 Å². The summed E-state index contributed by atoms with van der Waals surface area (Å²) in [7, 11) is 0. The number of benzene rings is 1. The highest BCUT2D eigenvalue weighted by molar-refractivity contribution is 5.87. The number of hydrogen-bond donors (Lipinski definition) is 2. The van der Waals surface area contributed by atoms with E-state index in [1.807, 2.05) is 0 Å². The molecule has 190 valence electrons. The predicted molar refractivity (Wildman–Crippen MR) is 139 cm³/mol. The highest BCUT2D eigenvalue weighted by atomic mass is 16.5. The van der Waals surface area contributed by atoms with Crippen LogP contribution in [0.4, 0.5) is 0 Å². The van der Waals surface area contributed by atoms with E-state index in [1.54, 1.807) is 37.3 Å². The van der Waals surface area contributed by atoms with Crippen molar-refractivity contribution in [1.29, 1.82) is 0 Å². The zero-order valence-electron chi connectivity index (χ0n) is 21.3. The molecule has 2 rings (SSSR count). The van der Waals surface area contributed by atoms with Crippen molar-refractivity contribution in [3.63, 3.8) is 0 Å². The van der Waals surface area contributed by atoms with Crippen LogP contribution in [0.2, 0.25) is 0 Å². The van der Waals surface area contributed by atoms with E-state index in [4.69, 9.17) is 4.74 Å². The number of nitrogens with one attached hydrogen (secondary N) is 1. The van der Waals surface area contributed by atoms with Crippen LogP contribution in [-0.4, -0.2) is 35.0 Å². The van der Waals surface area contributed by atoms with Crippen molar-refractivity contribution in [2.45, 2.75) is 122 Å². The molecule has 3 atom stereocenters. The van der Waals surface area contributed by atoms with Crippen molar-refractivity contribution < 1.29 is 19.4 Å². The molecule has 5 nitrogen and oxygen atoms in total. The van der Waals surface area contributed by atoms with Crippen LogP contribution < -0.4 is 5.32 Å². The molecule has 0 bridgehead atoms. The largest absolute Gasteiger partial charge is 0.508 e. The molecule has 0 aliphatic carbocycles. The van der Waals surface area contributed by atoms with Crippen molar-refractivity contribution in [3.8, 4) is 5.75 Å². The van der Waals surface area contributed by atoms with Crippen LogP contribution in [0.15, 0.2) is 30.3 Å². The zero-order chi connectivity index (χ0) is 24.6. The SMILES string of the molecule is CC(=O)CCCCCCCCCCCC[C@H]1CC[C@@H](OC(=O)/C=C/c2ccc(O)cc2)[C@@H](C)N1. The van der Waals surface area contributed by atoms with Crippen LogP contribution >= 0.6 is 0 Å². The predicted octanol–water partition coefficient (Wildman–Crippen LogP) is 6.73. The molecule has 1 aliphatic rings. The van der Waals surface area contributed by atoms with E-state index in [1.165, 1.54) is 70.3 Å². The highest BCUT2D eigenvalue weighted by Gasteiger charge is 2.28. The van der Waals surface area contributed by atoms with E-state index in [0.29, 0.717) is 11.8 Å². The van der Waals surface area contributed by atoms with Crippen molar-refractivity contribution in [2.24, 2.45) is 0 Å². The number of aromatic hydroxyl groups is 1. The Balaban J connectivity index is 1.48. The van der Waals surface area contributed by atoms with Gasteiger partial charge >= 0.3 is 5.97 Å². The van der Waals surface area contributed by atoms with Gasteiger partial charge in [0.2, 0.25) is 0 Å². The van der Waals surface area contributed by atoms with Crippen LogP contribution in [0.25, 0.3) is 6.08 Å². The molecule has 1 aromatic carbocycles. The van der Waals surface area contributed by atoms with E-state index in [-0.39, 0.29) is 23.9 Å². The number of ether oxygens (including phenoxy) is 1. The summed E-state index contributed by atoms with van der Waals surface area (Å²) in [5, 5.41) is 13.0. The lowest BCUT2D eigenvalue weighted by Gasteiger charge is -2.35. The number of piperidine rings is 1. The van der Waals surface area contributed by atoms with Gasteiger partial charge in [0.25, 0.3) is 0 Å². The second-order valence-electron chi connectivity index (χ2n) is 9.91. The van der Waals surface area contributed by atoms with Crippen molar-refractivity contribution >= 4 is 17.8 Å². The summed E-state index contributed by atoms with van der Waals surface area (Å²) in [4.78, 5) is 23.1. The second-order valence-corrected chi connectivity index (χ2v) is 9.91. The number of rotatable bonds is 16. The Hall–Kier alpha value is -2.14. The van der Waals surface area contributed by atoms with Gasteiger partial charge in [0.1, 0.15) is 17.6 Å². The Morgan fingerprint density at radius 1 is 0.941 bits per heavy atom. The number of carbonyl (C=O) groups is 2. The van der Waals surface area contributed by atoms with E-state index >= 15 is 0 Å². The molecule has 0 unspecified atom stereocenters. The first-order valence-electron chi connectivity index (χ1n) is 13.4. The average molecular weight is 472 g/mol. The Morgan fingerprint density at radius 3 is 2.12 bits per heavy atom. The molecular formula is C29H45NO4. The average Bonchev–Trinajstić information content (AvgIpc) is 2.81. The highest BCUT2D eigenvalue weighted by Crippen LogP contribution is 2.21. The van der Waals surface area contributed by atoms with E-state index in [9.17, 15) is 14.7 Å². The standard InChI is InChI=1S/C29H45NO4/c1-23(31)13-11-9-7-5-3-4-6-8-10-12-14-26-18-21-28(24(2)30-26)34-29(33)22-17-25-15-19-27(32)20-16-25/h15-17,19-20,22,24,26,28,30,32H,3-14,18,21H2,1-2H3/b22-17+/t24-,26+,28-/m1/s1. The summed E-state index contributed by atoms with van der Waals surface area (Å²) in [5.74, 6) is 0.207. The maximum atomic E-state index is 12.2. The molecule has 1 fully saturated rings. The smallest absolute Gasteiger partial charge is 0.331 e. The molecule has 0 spiro atoms. The summed E-state index contributed by atoms with van der Waals surface area (Å²) < 4.78 is 5.67. The Bertz CT molecular complexity index is 743. The Morgan fingerprint density at radius 2 is 1.53 bits per heavy atom. The number of phenols is 1. The quantitative estimate of drug-likeness (QED) is 0.159. The zero-order valence-corrected chi connectivity index (χ0v) is 21.3. The number of esters is 1. The van der Waals surface area contributed by atoms with Crippen molar-refractivity contribution in [2.75, 3.05) is 0 Å². The van der Waals surface area contributed by atoms with E-state index in [2.05, 4.69) is 12.2 Å². The fraction of sp³-hybridized carbons (Fsp3) is 0.655. The van der Waals surface area contributed by atoms with Gasteiger partial charge in [-0.2, -0.15) is 0 Å². The Kier molecular flexibility index (Phi) is 13.6. The van der Waals surface area contributed by atoms with Gasteiger partial charge in [0.15, 0.2) is 0 Å². The lowest BCUT2D eigenvalue weighted by Crippen LogP contribution is -2.50. The fourth-order valence-electron chi connectivity index (χ4n) is 4.68. The van der Waals surface area contributed by atoms with Crippen LogP contribution in [0.1, 0.15) is 109 Å². The van der Waals surface area contributed by atoms with Crippen molar-refractivity contribution in [3.05, 3.63) is 35.9 Å². The molecule has 1 saturated heterocycles. The summed E-state index contributed by atoms with van der Waals surface area (Å²) in [6, 6.07) is 7.40. The van der Waals surface area contributed by atoms with Crippen molar-refractivity contribution in [1.82, 2.24) is 5.32 Å². The van der Waals surface area contributed by atoms with Gasteiger partial charge in [-0.25, -0.2) is 4.79 Å². The number of phenolic OH excluding ortho intramolecular Hbond substituents is 1. The molecule has 0 saturated carbocycles. The van der Waals surface area contributed by atoms with Gasteiger partial charge in [0.05, 0.1) is 0 Å². The Labute approximate surface area is 206 Å². The van der Waals surface area contributed by atoms with E-state index < -0.39 is 0 Å². The van der Waals surface area contributed by atoms with Crippen LogP contribution in [0.3, 0.4) is 0 Å². The van der Waals surface area contributed by atoms with Crippen LogP contribution in [-0.2, 0) is 14.3 Å². The molecule has 0 radical (unpaired) electrons. The normalized spacial score (nSPS) is 20.5. The molecule has 1 aromatic rings. The maximum absolute atomic E-state index is 12.2. The molecule has 0 amide bonds. The minimum absolute atomic E-state index is 0.0873. The first kappa shape index (κ1) is 28.1. The fourth-order valence-corrected chi connectivity index (χ4v) is 4.68. The maximum Gasteiger partial charge on any atom is 0.331 e. The number of unbranched alkanes of at least 4 members (excludes halogenated alkanes) is 9. The third-order valence-electron chi connectivity index (χ3n) is 6.76. The van der Waals surface area contributed by atoms with Gasteiger partial charge in [-0.15, -0.1) is 0 Å². The minimum atomic E-state index is -0.318. The third kappa shape index (κ3) is 12.4. The molecule has 34 heavy (non-hydrogen) atoms. The summed E-state index contributed by atoms with van der Waals surface area (Å²) >= 11 is 0. The van der Waals surface area contributed by atoms with E-state index in [0.717, 1.165) is 31.2 Å². The third-order valence-corrected chi connectivity index (χ3v) is 6.76. The van der Waals surface area contributed by atoms with Gasteiger partial charge in [-0.1, -0.05) is 69.9 Å². The summed E-state index contributed by atoms with van der Waals surface area (Å²) in [6.07, 6.45) is 19.7. The van der Waals surface area contributed by atoms with Gasteiger partial charge in [-0.3, -0.25) is 0 Å². The molecule has 2 N–H and O–H groups in total. The lowest BCUT2D eigenvalue weighted by atomic mass is 9.93. The topological polar surface area (TPSA) is 75.6 Å². The van der Waals surface area contributed by atoms with Gasteiger partial charge < -0.3 is 20.0 Å². The number of Topliss-reactive ketones (excluding diaryl/α,β-unsaturated/α-hetero) is 1. The molecule has 5 heteroatoms. The number of ketones is 1. The van der Waals surface area contributed by atoms with Gasteiger partial charge in [0, 0.05) is 24.6 Å². The molecule has 1 heterocycles. The second kappa shape index (κ2) is 16.5. The first-order valence-corrected chi connectivity index (χ1v) is 13.4. The molecule has 0 aromatic heterocycles. The number of hydrogen-bond acceptors (Lipinski definition) is 5. The molecular weight excluding hydrogens is 426 g/mol. The van der Waals surface area contributed by atoms with Gasteiger partial charge in [-0.05, 0) is 63.3 Å². The monoisotopic (exact) mass is 471 g/mol.